The minimum absolute atomic E-state index is 0.0447. The summed E-state index contributed by atoms with van der Waals surface area (Å²) in [5, 5.41) is 7.14. The average molecular weight is 286 g/mol. The van der Waals surface area contributed by atoms with E-state index in [9.17, 15) is 8.42 Å². The van der Waals surface area contributed by atoms with Crippen LogP contribution in [0.5, 0.6) is 0 Å². The topological polar surface area (TPSA) is 111 Å². The molecule has 0 aliphatic carbocycles. The van der Waals surface area contributed by atoms with E-state index >= 15 is 0 Å². The SMILES string of the molecule is Cc1c(NN2CCOCC2)cc(N)cc1S(N)(=O)=O. The molecule has 0 amide bonds. The molecule has 7 nitrogen and oxygen atoms in total. The van der Waals surface area contributed by atoms with Crippen molar-refractivity contribution in [3.8, 4) is 0 Å². The van der Waals surface area contributed by atoms with Gasteiger partial charge in [0.1, 0.15) is 0 Å². The van der Waals surface area contributed by atoms with E-state index in [4.69, 9.17) is 15.6 Å². The summed E-state index contributed by atoms with van der Waals surface area (Å²) >= 11 is 0. The Morgan fingerprint density at radius 2 is 1.95 bits per heavy atom. The maximum absolute atomic E-state index is 11.5. The zero-order chi connectivity index (χ0) is 14.0. The summed E-state index contributed by atoms with van der Waals surface area (Å²) < 4.78 is 28.3. The normalized spacial score (nSPS) is 17.4. The Kier molecular flexibility index (Phi) is 3.95. The Labute approximate surface area is 112 Å². The van der Waals surface area contributed by atoms with E-state index in [1.54, 1.807) is 13.0 Å². The van der Waals surface area contributed by atoms with Gasteiger partial charge in [-0.15, -0.1) is 0 Å². The summed E-state index contributed by atoms with van der Waals surface area (Å²) in [5.74, 6) is 0. The molecule has 8 heteroatoms. The van der Waals surface area contributed by atoms with E-state index in [1.807, 2.05) is 5.01 Å². The standard InChI is InChI=1S/C11H18N4O3S/c1-8-10(14-15-2-4-18-5-3-15)6-9(12)7-11(8)19(13,16)17/h6-7,14H,2-5,12H2,1H3,(H2,13,16,17). The van der Waals surface area contributed by atoms with Gasteiger partial charge in [-0.1, -0.05) is 0 Å². The van der Waals surface area contributed by atoms with Gasteiger partial charge in [0.2, 0.25) is 10.0 Å². The number of benzene rings is 1. The summed E-state index contributed by atoms with van der Waals surface area (Å²) in [6.45, 7) is 4.41. The van der Waals surface area contributed by atoms with Gasteiger partial charge in [-0.2, -0.15) is 0 Å². The van der Waals surface area contributed by atoms with Crippen molar-refractivity contribution in [3.05, 3.63) is 17.7 Å². The summed E-state index contributed by atoms with van der Waals surface area (Å²) in [4.78, 5) is 0.0447. The fraction of sp³-hybridized carbons (Fsp3) is 0.455. The molecule has 0 radical (unpaired) electrons. The smallest absolute Gasteiger partial charge is 0.238 e. The van der Waals surface area contributed by atoms with Gasteiger partial charge in [-0.3, -0.25) is 0 Å². The van der Waals surface area contributed by atoms with Crippen molar-refractivity contribution >= 4 is 21.4 Å². The van der Waals surface area contributed by atoms with Crippen LogP contribution < -0.4 is 16.3 Å². The summed E-state index contributed by atoms with van der Waals surface area (Å²) in [5.41, 5.74) is 10.4. The molecule has 1 aromatic rings. The second-order valence-electron chi connectivity index (χ2n) is 4.45. The number of ether oxygens (including phenoxy) is 1. The summed E-state index contributed by atoms with van der Waals surface area (Å²) in [6, 6.07) is 3.06. The first-order valence-corrected chi connectivity index (χ1v) is 7.45. The minimum atomic E-state index is -3.78. The molecule has 1 fully saturated rings. The molecular formula is C11H18N4O3S. The van der Waals surface area contributed by atoms with Crippen molar-refractivity contribution in [1.82, 2.24) is 5.01 Å². The fourth-order valence-corrected chi connectivity index (χ4v) is 2.80. The third kappa shape index (κ3) is 3.35. The number of primary sulfonamides is 1. The molecule has 1 saturated heterocycles. The predicted octanol–water partition coefficient (Wildman–Crippen LogP) is -0.116. The van der Waals surface area contributed by atoms with Crippen LogP contribution in [0.3, 0.4) is 0 Å². The van der Waals surface area contributed by atoms with Gasteiger partial charge in [-0.05, 0) is 24.6 Å². The lowest BCUT2D eigenvalue weighted by Crippen LogP contribution is -2.40. The van der Waals surface area contributed by atoms with Gasteiger partial charge in [0, 0.05) is 18.8 Å². The number of nitrogen functional groups attached to an aromatic ring is 1. The number of sulfonamides is 1. The van der Waals surface area contributed by atoms with Gasteiger partial charge < -0.3 is 15.9 Å². The van der Waals surface area contributed by atoms with Gasteiger partial charge in [0.05, 0.1) is 23.8 Å². The number of rotatable bonds is 3. The van der Waals surface area contributed by atoms with Crippen LogP contribution in [0, 0.1) is 6.92 Å². The van der Waals surface area contributed by atoms with Gasteiger partial charge in [-0.25, -0.2) is 18.6 Å². The van der Waals surface area contributed by atoms with Gasteiger partial charge in [0.25, 0.3) is 0 Å². The lowest BCUT2D eigenvalue weighted by Gasteiger charge is -2.29. The van der Waals surface area contributed by atoms with E-state index in [0.717, 1.165) is 13.1 Å². The molecule has 2 rings (SSSR count). The molecule has 19 heavy (non-hydrogen) atoms. The number of anilines is 2. The van der Waals surface area contributed by atoms with Gasteiger partial charge >= 0.3 is 0 Å². The molecule has 1 aliphatic rings. The zero-order valence-electron chi connectivity index (χ0n) is 10.7. The van der Waals surface area contributed by atoms with Crippen LogP contribution >= 0.6 is 0 Å². The van der Waals surface area contributed by atoms with Crippen molar-refractivity contribution in [2.45, 2.75) is 11.8 Å². The average Bonchev–Trinajstić information content (AvgIpc) is 2.33. The molecular weight excluding hydrogens is 268 g/mol. The summed E-state index contributed by atoms with van der Waals surface area (Å²) in [7, 11) is -3.78. The number of nitrogens with two attached hydrogens (primary N) is 2. The minimum Gasteiger partial charge on any atom is -0.399 e. The van der Waals surface area contributed by atoms with Crippen LogP contribution in [0.25, 0.3) is 0 Å². The maximum Gasteiger partial charge on any atom is 0.238 e. The third-order valence-electron chi connectivity index (χ3n) is 2.98. The van der Waals surface area contributed by atoms with E-state index in [0.29, 0.717) is 30.2 Å². The number of hydrogen-bond donors (Lipinski definition) is 3. The van der Waals surface area contributed by atoms with Crippen LogP contribution in [0.15, 0.2) is 17.0 Å². The van der Waals surface area contributed by atoms with Crippen LogP contribution in [-0.2, 0) is 14.8 Å². The van der Waals surface area contributed by atoms with Gasteiger partial charge in [0.15, 0.2) is 0 Å². The van der Waals surface area contributed by atoms with Crippen molar-refractivity contribution in [2.75, 3.05) is 37.5 Å². The van der Waals surface area contributed by atoms with Crippen LogP contribution in [-0.4, -0.2) is 39.7 Å². The second kappa shape index (κ2) is 5.33. The van der Waals surface area contributed by atoms with Crippen LogP contribution in [0.1, 0.15) is 5.56 Å². The molecule has 0 unspecified atom stereocenters. The Bertz CT molecular complexity index is 568. The van der Waals surface area contributed by atoms with E-state index < -0.39 is 10.0 Å². The van der Waals surface area contributed by atoms with Crippen molar-refractivity contribution in [1.29, 1.82) is 0 Å². The monoisotopic (exact) mass is 286 g/mol. The molecule has 1 aromatic carbocycles. The third-order valence-corrected chi connectivity index (χ3v) is 4.02. The van der Waals surface area contributed by atoms with E-state index in [2.05, 4.69) is 5.43 Å². The number of nitrogens with zero attached hydrogens (tertiary/aromatic N) is 1. The predicted molar refractivity (Wildman–Crippen MR) is 73.0 cm³/mol. The van der Waals surface area contributed by atoms with Crippen molar-refractivity contribution in [2.24, 2.45) is 5.14 Å². The highest BCUT2D eigenvalue weighted by atomic mass is 32.2. The Morgan fingerprint density at radius 3 is 2.53 bits per heavy atom. The van der Waals surface area contributed by atoms with Crippen molar-refractivity contribution in [3.63, 3.8) is 0 Å². The highest BCUT2D eigenvalue weighted by Gasteiger charge is 2.17. The first kappa shape index (κ1) is 14.1. The fourth-order valence-electron chi connectivity index (χ4n) is 1.97. The number of hydrazine groups is 1. The van der Waals surface area contributed by atoms with E-state index in [-0.39, 0.29) is 4.90 Å². The maximum atomic E-state index is 11.5. The molecule has 0 spiro atoms. The molecule has 106 valence electrons. The number of morpholine rings is 1. The van der Waals surface area contributed by atoms with Crippen LogP contribution in [0.2, 0.25) is 0 Å². The highest BCUT2D eigenvalue weighted by molar-refractivity contribution is 7.89. The highest BCUT2D eigenvalue weighted by Crippen LogP contribution is 2.26. The molecule has 1 heterocycles. The largest absolute Gasteiger partial charge is 0.399 e. The number of hydrogen-bond acceptors (Lipinski definition) is 6. The molecule has 1 aliphatic heterocycles. The zero-order valence-corrected chi connectivity index (χ0v) is 11.5. The second-order valence-corrected chi connectivity index (χ2v) is 5.98. The Hall–Kier alpha value is -1.35. The van der Waals surface area contributed by atoms with Crippen LogP contribution in [0.4, 0.5) is 11.4 Å². The summed E-state index contributed by atoms with van der Waals surface area (Å²) in [6.07, 6.45) is 0. The number of nitrogens with one attached hydrogen (secondary N) is 1. The molecule has 0 bridgehead atoms. The Morgan fingerprint density at radius 1 is 1.32 bits per heavy atom. The first-order chi connectivity index (χ1) is 8.88. The van der Waals surface area contributed by atoms with Crippen molar-refractivity contribution < 1.29 is 13.2 Å². The van der Waals surface area contributed by atoms with E-state index in [1.165, 1.54) is 6.07 Å². The first-order valence-electron chi connectivity index (χ1n) is 5.90. The quantitative estimate of drug-likeness (QED) is 0.668. The molecule has 0 saturated carbocycles. The molecule has 0 atom stereocenters. The molecule has 5 N–H and O–H groups in total. The lowest BCUT2D eigenvalue weighted by molar-refractivity contribution is 0.0496. The Balaban J connectivity index is 2.32. The lowest BCUT2D eigenvalue weighted by atomic mass is 10.2. The molecule has 0 aromatic heterocycles.